The number of halogens is 1. The topological polar surface area (TPSA) is 107 Å². The van der Waals surface area contributed by atoms with Gasteiger partial charge in [-0.2, -0.15) is 0 Å². The maximum atomic E-state index is 14.0. The average molecular weight is 574 g/mol. The maximum absolute atomic E-state index is 14.0. The van der Waals surface area contributed by atoms with E-state index in [2.05, 4.69) is 15.9 Å². The molecule has 2 saturated heterocycles. The molecular formula is C29H20BrNO7. The van der Waals surface area contributed by atoms with Gasteiger partial charge in [-0.1, -0.05) is 52.3 Å². The standard InChI is InChI=1S/C29H20BrNO7/c1-2-37-28(36)15-10-12-18(13-11-15)31-26(34)21-22(27(31)35)29(38-23(21)16-6-5-7-17(30)14-16)24(32)19-8-3-4-9-20(19)25(29)33/h3-14,21-23H,2H2,1H3/t21-,22+,23-/m1/s1. The van der Waals surface area contributed by atoms with Gasteiger partial charge in [-0.05, 0) is 48.9 Å². The van der Waals surface area contributed by atoms with Gasteiger partial charge < -0.3 is 9.47 Å². The second-order valence-corrected chi connectivity index (χ2v) is 10.2. The van der Waals surface area contributed by atoms with Gasteiger partial charge in [0.2, 0.25) is 29.0 Å². The van der Waals surface area contributed by atoms with Gasteiger partial charge in [-0.25, -0.2) is 9.69 Å². The Labute approximate surface area is 225 Å². The Morgan fingerprint density at radius 1 is 0.921 bits per heavy atom. The van der Waals surface area contributed by atoms with Gasteiger partial charge in [0.25, 0.3) is 0 Å². The van der Waals surface area contributed by atoms with Crippen LogP contribution in [0.15, 0.2) is 77.3 Å². The van der Waals surface area contributed by atoms with E-state index < -0.39 is 52.9 Å². The van der Waals surface area contributed by atoms with Crippen molar-refractivity contribution in [2.24, 2.45) is 11.8 Å². The second-order valence-electron chi connectivity index (χ2n) is 9.32. The minimum Gasteiger partial charge on any atom is -0.462 e. The van der Waals surface area contributed by atoms with E-state index in [0.717, 1.165) is 4.90 Å². The lowest BCUT2D eigenvalue weighted by Gasteiger charge is -2.27. The van der Waals surface area contributed by atoms with Crippen molar-refractivity contribution < 1.29 is 33.4 Å². The lowest BCUT2D eigenvalue weighted by Crippen LogP contribution is -2.51. The summed E-state index contributed by atoms with van der Waals surface area (Å²) in [4.78, 5) is 68.6. The zero-order valence-electron chi connectivity index (χ0n) is 20.1. The number of carbonyl (C=O) groups excluding carboxylic acids is 5. The predicted octanol–water partition coefficient (Wildman–Crippen LogP) is 4.32. The van der Waals surface area contributed by atoms with Crippen LogP contribution in [0.2, 0.25) is 0 Å². The molecule has 190 valence electrons. The molecule has 0 bridgehead atoms. The van der Waals surface area contributed by atoms with Gasteiger partial charge >= 0.3 is 5.97 Å². The Morgan fingerprint density at radius 2 is 1.58 bits per heavy atom. The molecule has 3 aromatic rings. The van der Waals surface area contributed by atoms with E-state index in [9.17, 15) is 24.0 Å². The summed E-state index contributed by atoms with van der Waals surface area (Å²) in [7, 11) is 0. The first-order chi connectivity index (χ1) is 18.3. The molecule has 0 radical (unpaired) electrons. The Kier molecular flexibility index (Phi) is 5.66. The fourth-order valence-corrected chi connectivity index (χ4v) is 6.13. The minimum absolute atomic E-state index is 0.170. The number of carbonyl (C=O) groups is 5. The number of esters is 1. The summed E-state index contributed by atoms with van der Waals surface area (Å²) in [6.45, 7) is 1.90. The molecule has 2 amide bonds. The molecule has 0 saturated carbocycles. The van der Waals surface area contributed by atoms with E-state index >= 15 is 0 Å². The molecule has 3 aliphatic rings. The molecule has 1 aliphatic carbocycles. The van der Waals surface area contributed by atoms with Crippen molar-refractivity contribution in [1.82, 2.24) is 0 Å². The Hall–Kier alpha value is -3.95. The van der Waals surface area contributed by atoms with Gasteiger partial charge in [0.15, 0.2) is 0 Å². The number of fused-ring (bicyclic) bond motifs is 3. The van der Waals surface area contributed by atoms with Crippen molar-refractivity contribution in [3.8, 4) is 0 Å². The van der Waals surface area contributed by atoms with E-state index in [0.29, 0.717) is 10.0 Å². The second kappa shape index (κ2) is 8.82. The Morgan fingerprint density at radius 3 is 2.18 bits per heavy atom. The molecule has 8 nitrogen and oxygen atoms in total. The molecule has 2 fully saturated rings. The summed E-state index contributed by atoms with van der Waals surface area (Å²) in [5, 5.41) is 0. The van der Waals surface area contributed by atoms with Crippen LogP contribution < -0.4 is 4.90 Å². The van der Waals surface area contributed by atoms with Gasteiger partial charge in [-0.3, -0.25) is 19.2 Å². The maximum Gasteiger partial charge on any atom is 0.338 e. The van der Waals surface area contributed by atoms with Crippen LogP contribution in [0.3, 0.4) is 0 Å². The fourth-order valence-electron chi connectivity index (χ4n) is 5.72. The van der Waals surface area contributed by atoms with E-state index in [1.54, 1.807) is 43.3 Å². The van der Waals surface area contributed by atoms with Gasteiger partial charge in [-0.15, -0.1) is 0 Å². The molecule has 3 aromatic carbocycles. The number of amides is 2. The number of rotatable bonds is 4. The highest BCUT2D eigenvalue weighted by molar-refractivity contribution is 9.10. The summed E-state index contributed by atoms with van der Waals surface area (Å²) in [5.74, 6) is -5.51. The largest absolute Gasteiger partial charge is 0.462 e. The first kappa shape index (κ1) is 24.4. The quantitative estimate of drug-likeness (QED) is 0.260. The summed E-state index contributed by atoms with van der Waals surface area (Å²) in [6.07, 6.45) is -1.01. The monoisotopic (exact) mass is 573 g/mol. The smallest absolute Gasteiger partial charge is 0.338 e. The Bertz CT molecular complexity index is 1510. The predicted molar refractivity (Wildman–Crippen MR) is 138 cm³/mol. The average Bonchev–Trinajstić information content (AvgIpc) is 3.49. The number of hydrogen-bond donors (Lipinski definition) is 0. The van der Waals surface area contributed by atoms with Crippen LogP contribution in [0.4, 0.5) is 5.69 Å². The van der Waals surface area contributed by atoms with Crippen LogP contribution in [-0.2, 0) is 19.1 Å². The minimum atomic E-state index is -2.15. The van der Waals surface area contributed by atoms with Crippen LogP contribution >= 0.6 is 15.9 Å². The zero-order chi connectivity index (χ0) is 26.8. The summed E-state index contributed by atoms with van der Waals surface area (Å²) >= 11 is 3.42. The summed E-state index contributed by atoms with van der Waals surface area (Å²) in [5.41, 5.74) is -0.761. The first-order valence-electron chi connectivity index (χ1n) is 12.1. The molecule has 2 heterocycles. The third kappa shape index (κ3) is 3.28. The van der Waals surface area contributed by atoms with E-state index in [4.69, 9.17) is 9.47 Å². The highest BCUT2D eigenvalue weighted by Gasteiger charge is 2.74. The third-order valence-corrected chi connectivity index (χ3v) is 7.83. The SMILES string of the molecule is CCOC(=O)c1ccc(N2C(=O)[C@H]3[C@@H](c4cccc(Br)c4)OC4(C(=O)c5ccccc5C4=O)[C@@H]3C2=O)cc1. The molecule has 0 N–H and O–H groups in total. The number of imide groups is 1. The molecule has 0 unspecified atom stereocenters. The molecule has 38 heavy (non-hydrogen) atoms. The third-order valence-electron chi connectivity index (χ3n) is 7.33. The van der Waals surface area contributed by atoms with Crippen molar-refractivity contribution in [1.29, 1.82) is 0 Å². The van der Waals surface area contributed by atoms with Crippen LogP contribution in [0.5, 0.6) is 0 Å². The molecular weight excluding hydrogens is 554 g/mol. The van der Waals surface area contributed by atoms with Crippen LogP contribution in [0, 0.1) is 11.8 Å². The molecule has 9 heteroatoms. The highest BCUT2D eigenvalue weighted by Crippen LogP contribution is 2.57. The van der Waals surface area contributed by atoms with Crippen molar-refractivity contribution in [3.63, 3.8) is 0 Å². The number of ether oxygens (including phenoxy) is 2. The number of nitrogens with zero attached hydrogens (tertiary/aromatic N) is 1. The number of hydrogen-bond acceptors (Lipinski definition) is 7. The number of Topliss-reactive ketones (excluding diaryl/α,β-unsaturated/α-hetero) is 2. The molecule has 2 aliphatic heterocycles. The molecule has 6 rings (SSSR count). The first-order valence-corrected chi connectivity index (χ1v) is 12.9. The Balaban J connectivity index is 1.47. The molecule has 1 spiro atoms. The van der Waals surface area contributed by atoms with Crippen molar-refractivity contribution in [2.45, 2.75) is 18.6 Å². The van der Waals surface area contributed by atoms with Gasteiger partial charge in [0, 0.05) is 15.6 Å². The van der Waals surface area contributed by atoms with Crippen molar-refractivity contribution in [3.05, 3.63) is 99.5 Å². The van der Waals surface area contributed by atoms with Crippen molar-refractivity contribution in [2.75, 3.05) is 11.5 Å². The highest BCUT2D eigenvalue weighted by atomic mass is 79.9. The number of anilines is 1. The molecule has 0 aromatic heterocycles. The lowest BCUT2D eigenvalue weighted by molar-refractivity contribution is -0.127. The van der Waals surface area contributed by atoms with Gasteiger partial charge in [0.1, 0.15) is 0 Å². The van der Waals surface area contributed by atoms with Gasteiger partial charge in [0.05, 0.1) is 35.8 Å². The summed E-state index contributed by atoms with van der Waals surface area (Å²) in [6, 6.07) is 19.2. The normalized spacial score (nSPS) is 23.2. The van der Waals surface area contributed by atoms with E-state index in [1.165, 1.54) is 36.4 Å². The van der Waals surface area contributed by atoms with Crippen molar-refractivity contribution >= 4 is 51.0 Å². The van der Waals surface area contributed by atoms with Crippen LogP contribution in [-0.4, -0.2) is 41.6 Å². The van der Waals surface area contributed by atoms with Crippen LogP contribution in [0.25, 0.3) is 0 Å². The number of ketones is 2. The number of benzene rings is 3. The molecule has 3 atom stereocenters. The van der Waals surface area contributed by atoms with Crippen LogP contribution in [0.1, 0.15) is 49.7 Å². The zero-order valence-corrected chi connectivity index (χ0v) is 21.6. The lowest BCUT2D eigenvalue weighted by atomic mass is 9.77. The van der Waals surface area contributed by atoms with E-state index in [-0.39, 0.29) is 29.0 Å². The fraction of sp³-hybridized carbons (Fsp3) is 0.207. The summed E-state index contributed by atoms with van der Waals surface area (Å²) < 4.78 is 12.0. The van der Waals surface area contributed by atoms with E-state index in [1.807, 2.05) is 0 Å².